The van der Waals surface area contributed by atoms with Crippen LogP contribution in [0.25, 0.3) is 49.9 Å². The van der Waals surface area contributed by atoms with E-state index >= 15 is 4.39 Å². The Bertz CT molecular complexity index is 2370. The van der Waals surface area contributed by atoms with Gasteiger partial charge < -0.3 is 33.5 Å². The summed E-state index contributed by atoms with van der Waals surface area (Å²) < 4.78 is 37.1. The summed E-state index contributed by atoms with van der Waals surface area (Å²) in [6, 6.07) is 15.8. The van der Waals surface area contributed by atoms with Crippen molar-refractivity contribution in [3.05, 3.63) is 65.7 Å². The highest BCUT2D eigenvalue weighted by Crippen LogP contribution is 2.53. The fraction of sp³-hybridized carbons (Fsp3) is 0.429. The summed E-state index contributed by atoms with van der Waals surface area (Å²) in [6.07, 6.45) is 4.22. The Morgan fingerprint density at radius 1 is 1.09 bits per heavy atom. The van der Waals surface area contributed by atoms with E-state index < -0.39 is 11.4 Å². The van der Waals surface area contributed by atoms with Crippen molar-refractivity contribution < 1.29 is 23.4 Å². The topological polar surface area (TPSA) is 109 Å². The molecule has 1 amide bonds. The molecule has 3 saturated heterocycles. The third-order valence-electron chi connectivity index (χ3n) is 11.1. The average Bonchev–Trinajstić information content (AvgIpc) is 3.82. The third-order valence-corrected chi connectivity index (χ3v) is 11.1. The van der Waals surface area contributed by atoms with Gasteiger partial charge in [-0.1, -0.05) is 31.2 Å². The molecule has 0 N–H and O–H groups in total. The molecule has 2 bridgehead atoms. The van der Waals surface area contributed by atoms with Crippen LogP contribution in [0.1, 0.15) is 51.5 Å². The number of methoxy groups -OCH3 is 1. The van der Waals surface area contributed by atoms with Crippen molar-refractivity contribution in [2.75, 3.05) is 52.5 Å². The molecule has 5 aromatic rings. The molecule has 0 spiro atoms. The molecule has 3 atom stereocenters. The highest BCUT2D eigenvalue weighted by Gasteiger charge is 2.56. The number of pyridine rings is 1. The van der Waals surface area contributed by atoms with E-state index in [1.54, 1.807) is 13.2 Å². The molecular formula is C42H46FN7O4. The second-order valence-corrected chi connectivity index (χ2v) is 15.8. The quantitative estimate of drug-likeness (QED) is 0.112. The summed E-state index contributed by atoms with van der Waals surface area (Å²) in [6.45, 7) is 9.80. The SMILES string of the molecule is CCc1nc2c(N3CC(N(C)C)C3)nc3c(F)c(-c4cc(OCOC)cc5ccccc45)c(/C=C/C#N)cc3c2n1C1C2CC1N(C(=O)OC(C)(C)C)C2. The molecule has 4 aliphatic rings. The first kappa shape index (κ1) is 35.8. The molecule has 11 nitrogen and oxygen atoms in total. The smallest absolute Gasteiger partial charge is 0.410 e. The Morgan fingerprint density at radius 2 is 1.87 bits per heavy atom. The van der Waals surface area contributed by atoms with Gasteiger partial charge in [-0.2, -0.15) is 5.26 Å². The van der Waals surface area contributed by atoms with Gasteiger partial charge in [0.15, 0.2) is 18.4 Å². The number of ether oxygens (including phenoxy) is 3. The molecule has 12 heteroatoms. The van der Waals surface area contributed by atoms with Gasteiger partial charge in [-0.15, -0.1) is 0 Å². The maximum absolute atomic E-state index is 17.9. The minimum absolute atomic E-state index is 0.0319. The van der Waals surface area contributed by atoms with Crippen LogP contribution < -0.4 is 9.64 Å². The molecular weight excluding hydrogens is 686 g/mol. The second-order valence-electron chi connectivity index (χ2n) is 15.8. The average molecular weight is 732 g/mol. The van der Waals surface area contributed by atoms with Crippen molar-refractivity contribution in [2.45, 2.75) is 64.3 Å². The van der Waals surface area contributed by atoms with E-state index in [0.717, 1.165) is 47.1 Å². The summed E-state index contributed by atoms with van der Waals surface area (Å²) in [5.74, 6) is 1.74. The van der Waals surface area contributed by atoms with Gasteiger partial charge in [0.2, 0.25) is 0 Å². The number of anilines is 1. The maximum Gasteiger partial charge on any atom is 0.410 e. The second kappa shape index (κ2) is 13.6. The Balaban J connectivity index is 1.39. The number of aromatic nitrogens is 3. The van der Waals surface area contributed by atoms with Crippen molar-refractivity contribution in [1.29, 1.82) is 5.26 Å². The Kier molecular flexibility index (Phi) is 8.98. The standard InChI is InChI=1S/C42H46FN7O4/c1-8-33-45-37-39(50(33)38-26-18-32(38)49(20-26)41(51)54-42(2,3)4)31-17-25(13-11-15-44)34(35(43)36(31)46-40(37)48-21-27(22-48)47(5)6)30-19-28(53-23-52-7)16-24-12-9-10-14-29(24)30/h9-14,16-17,19,26-27,32,38H,8,18,20-23H2,1-7H3/b13-11+. The lowest BCUT2D eigenvalue weighted by atomic mass is 9.79. The van der Waals surface area contributed by atoms with Gasteiger partial charge in [-0.25, -0.2) is 19.2 Å². The van der Waals surface area contributed by atoms with Crippen LogP contribution in [-0.2, 0) is 15.9 Å². The molecule has 3 unspecified atom stereocenters. The maximum atomic E-state index is 17.9. The number of allylic oxidation sites excluding steroid dienone is 1. The Morgan fingerprint density at radius 3 is 2.57 bits per heavy atom. The number of aryl methyl sites for hydroxylation is 1. The molecule has 2 aromatic heterocycles. The van der Waals surface area contributed by atoms with Crippen LogP contribution in [0.15, 0.2) is 48.5 Å². The number of amides is 1. The van der Waals surface area contributed by atoms with E-state index in [4.69, 9.17) is 24.2 Å². The third kappa shape index (κ3) is 5.90. The summed E-state index contributed by atoms with van der Waals surface area (Å²) in [4.78, 5) is 30.0. The van der Waals surface area contributed by atoms with Crippen LogP contribution >= 0.6 is 0 Å². The van der Waals surface area contributed by atoms with Gasteiger partial charge in [0.25, 0.3) is 0 Å². The van der Waals surface area contributed by atoms with E-state index in [1.165, 1.54) is 6.08 Å². The number of fused-ring (bicyclic) bond motifs is 5. The number of hydrogen-bond acceptors (Lipinski definition) is 9. The van der Waals surface area contributed by atoms with Crippen LogP contribution in [0.2, 0.25) is 0 Å². The minimum Gasteiger partial charge on any atom is -0.468 e. The van der Waals surface area contributed by atoms with Crippen LogP contribution in [-0.4, -0.2) is 95.7 Å². The van der Waals surface area contributed by atoms with Gasteiger partial charge in [-0.3, -0.25) is 0 Å². The van der Waals surface area contributed by atoms with Crippen LogP contribution in [0.5, 0.6) is 5.75 Å². The first-order valence-electron chi connectivity index (χ1n) is 18.6. The molecule has 0 radical (unpaired) electrons. The summed E-state index contributed by atoms with van der Waals surface area (Å²) in [5.41, 5.74) is 2.59. The largest absolute Gasteiger partial charge is 0.468 e. The number of carbonyl (C=O) groups is 1. The van der Waals surface area contributed by atoms with Gasteiger partial charge in [-0.05, 0) is 87.5 Å². The zero-order chi connectivity index (χ0) is 38.1. The highest BCUT2D eigenvalue weighted by atomic mass is 19.1. The zero-order valence-corrected chi connectivity index (χ0v) is 31.9. The first-order valence-corrected chi connectivity index (χ1v) is 18.6. The molecule has 3 aromatic carbocycles. The fourth-order valence-electron chi connectivity index (χ4n) is 8.48. The van der Waals surface area contributed by atoms with Crippen molar-refractivity contribution in [3.8, 4) is 22.9 Å². The zero-order valence-electron chi connectivity index (χ0n) is 31.9. The number of carbonyl (C=O) groups excluding carboxylic acids is 1. The lowest BCUT2D eigenvalue weighted by molar-refractivity contribution is 0.0209. The monoisotopic (exact) mass is 731 g/mol. The summed E-state index contributed by atoms with van der Waals surface area (Å²) >= 11 is 0. The van der Waals surface area contributed by atoms with E-state index in [1.807, 2.05) is 68.1 Å². The Hall–Kier alpha value is -5.25. The summed E-state index contributed by atoms with van der Waals surface area (Å²) in [7, 11) is 5.68. The van der Waals surface area contributed by atoms with Crippen molar-refractivity contribution in [1.82, 2.24) is 24.3 Å². The Labute approximate surface area is 314 Å². The van der Waals surface area contributed by atoms with Crippen molar-refractivity contribution >= 4 is 50.7 Å². The molecule has 1 aliphatic carbocycles. The number of nitrogens with zero attached hydrogens (tertiary/aromatic N) is 7. The van der Waals surface area contributed by atoms with Crippen LogP contribution in [0.4, 0.5) is 15.0 Å². The molecule has 280 valence electrons. The lowest BCUT2D eigenvalue weighted by Gasteiger charge is -2.43. The molecule has 4 fully saturated rings. The van der Waals surface area contributed by atoms with Gasteiger partial charge in [0, 0.05) is 62.2 Å². The number of nitriles is 1. The normalized spacial score (nSPS) is 20.0. The molecule has 9 rings (SSSR count). The molecule has 5 heterocycles. The fourth-order valence-corrected chi connectivity index (χ4v) is 8.48. The number of benzene rings is 3. The van der Waals surface area contributed by atoms with E-state index in [9.17, 15) is 10.1 Å². The van der Waals surface area contributed by atoms with Crippen molar-refractivity contribution in [3.63, 3.8) is 0 Å². The van der Waals surface area contributed by atoms with Crippen LogP contribution in [0.3, 0.4) is 0 Å². The number of hydrogen-bond donors (Lipinski definition) is 0. The number of likely N-dealkylation sites (N-methyl/N-ethyl adjacent to an activating group) is 1. The van der Waals surface area contributed by atoms with Crippen LogP contribution in [0, 0.1) is 23.1 Å². The predicted molar refractivity (Wildman–Crippen MR) is 208 cm³/mol. The summed E-state index contributed by atoms with van der Waals surface area (Å²) in [5, 5.41) is 12.0. The molecule has 54 heavy (non-hydrogen) atoms. The van der Waals surface area contributed by atoms with Gasteiger partial charge >= 0.3 is 6.09 Å². The van der Waals surface area contributed by atoms with E-state index in [0.29, 0.717) is 52.7 Å². The predicted octanol–water partition coefficient (Wildman–Crippen LogP) is 7.56. The minimum atomic E-state index is -0.614. The van der Waals surface area contributed by atoms with Crippen molar-refractivity contribution in [2.24, 2.45) is 5.92 Å². The lowest BCUT2D eigenvalue weighted by Crippen LogP contribution is -2.57. The first-order chi connectivity index (χ1) is 25.9. The van der Waals surface area contributed by atoms with E-state index in [2.05, 4.69) is 41.5 Å². The molecule has 1 saturated carbocycles. The number of imidazole rings is 1. The van der Waals surface area contributed by atoms with Gasteiger partial charge in [0.05, 0.1) is 23.7 Å². The highest BCUT2D eigenvalue weighted by molar-refractivity contribution is 6.11. The molecule has 3 aliphatic heterocycles. The van der Waals surface area contributed by atoms with Gasteiger partial charge in [0.1, 0.15) is 28.2 Å². The number of rotatable bonds is 9. The van der Waals surface area contributed by atoms with E-state index in [-0.39, 0.29) is 36.4 Å². The number of halogens is 1.